The average molecular weight is 351 g/mol. The van der Waals surface area contributed by atoms with E-state index in [2.05, 4.69) is 5.32 Å². The third kappa shape index (κ3) is 4.76. The average Bonchev–Trinajstić information content (AvgIpc) is 2.96. The van der Waals surface area contributed by atoms with Gasteiger partial charge in [-0.3, -0.25) is 9.69 Å². The van der Waals surface area contributed by atoms with Crippen molar-refractivity contribution in [3.63, 3.8) is 0 Å². The van der Waals surface area contributed by atoms with Crippen LogP contribution < -0.4 is 11.1 Å². The third-order valence-corrected chi connectivity index (χ3v) is 5.48. The first kappa shape index (κ1) is 18.3. The van der Waals surface area contributed by atoms with E-state index in [1.807, 2.05) is 4.90 Å². The van der Waals surface area contributed by atoms with Crippen LogP contribution in [0.25, 0.3) is 0 Å². The Morgan fingerprint density at radius 2 is 1.96 bits per heavy atom. The maximum Gasteiger partial charge on any atom is 0.220 e. The molecule has 1 heterocycles. The molecule has 1 amide bonds. The van der Waals surface area contributed by atoms with E-state index >= 15 is 0 Å². The number of nitrogens with two attached hydrogens (primary N) is 1. The van der Waals surface area contributed by atoms with Gasteiger partial charge in [-0.15, -0.1) is 0 Å². The fourth-order valence-corrected chi connectivity index (χ4v) is 4.07. The predicted molar refractivity (Wildman–Crippen MR) is 92.7 cm³/mol. The van der Waals surface area contributed by atoms with E-state index < -0.39 is 11.6 Å². The van der Waals surface area contributed by atoms with Gasteiger partial charge in [-0.2, -0.15) is 0 Å². The monoisotopic (exact) mass is 351 g/mol. The van der Waals surface area contributed by atoms with Crippen molar-refractivity contribution in [1.82, 2.24) is 10.2 Å². The summed E-state index contributed by atoms with van der Waals surface area (Å²) < 4.78 is 27.7. The Morgan fingerprint density at radius 3 is 2.64 bits per heavy atom. The van der Waals surface area contributed by atoms with E-state index in [0.29, 0.717) is 13.0 Å². The Morgan fingerprint density at radius 1 is 1.20 bits per heavy atom. The van der Waals surface area contributed by atoms with Crippen molar-refractivity contribution in [3.05, 3.63) is 35.4 Å². The molecule has 0 radical (unpaired) electrons. The van der Waals surface area contributed by atoms with Crippen LogP contribution in [0.5, 0.6) is 0 Å². The smallest absolute Gasteiger partial charge is 0.220 e. The third-order valence-electron chi connectivity index (χ3n) is 5.48. The molecule has 1 unspecified atom stereocenters. The van der Waals surface area contributed by atoms with Gasteiger partial charge in [-0.1, -0.05) is 12.5 Å². The summed E-state index contributed by atoms with van der Waals surface area (Å²) in [6.07, 6.45) is 5.42. The molecule has 0 spiro atoms. The molecule has 1 aliphatic carbocycles. The van der Waals surface area contributed by atoms with Gasteiger partial charge in [-0.05, 0) is 50.3 Å². The molecule has 25 heavy (non-hydrogen) atoms. The Labute approximate surface area is 147 Å². The molecule has 0 bridgehead atoms. The summed E-state index contributed by atoms with van der Waals surface area (Å²) >= 11 is 0. The highest BCUT2D eigenvalue weighted by Crippen LogP contribution is 2.27. The fraction of sp³-hybridized carbons (Fsp3) is 0.632. The lowest BCUT2D eigenvalue weighted by Gasteiger charge is -2.33. The van der Waals surface area contributed by atoms with Crippen LogP contribution in [0.4, 0.5) is 8.78 Å². The minimum absolute atomic E-state index is 0.0358. The van der Waals surface area contributed by atoms with E-state index in [9.17, 15) is 13.6 Å². The van der Waals surface area contributed by atoms with E-state index in [1.54, 1.807) is 0 Å². The number of nitrogens with one attached hydrogen (secondary N) is 1. The highest BCUT2D eigenvalue weighted by molar-refractivity contribution is 5.76. The summed E-state index contributed by atoms with van der Waals surface area (Å²) in [6, 6.07) is 4.12. The fourth-order valence-electron chi connectivity index (χ4n) is 4.07. The summed E-state index contributed by atoms with van der Waals surface area (Å²) in [7, 11) is 0. The van der Waals surface area contributed by atoms with Gasteiger partial charge in [0.15, 0.2) is 0 Å². The van der Waals surface area contributed by atoms with E-state index in [-0.39, 0.29) is 36.0 Å². The maximum absolute atomic E-state index is 13.8. The van der Waals surface area contributed by atoms with E-state index in [4.69, 9.17) is 5.73 Å². The van der Waals surface area contributed by atoms with Crippen molar-refractivity contribution in [1.29, 1.82) is 0 Å². The molecule has 3 N–H and O–H groups in total. The van der Waals surface area contributed by atoms with Crippen LogP contribution in [-0.2, 0) is 11.3 Å². The lowest BCUT2D eigenvalue weighted by Crippen LogP contribution is -2.48. The topological polar surface area (TPSA) is 58.4 Å². The quantitative estimate of drug-likeness (QED) is 0.857. The Hall–Kier alpha value is -1.53. The predicted octanol–water partition coefficient (Wildman–Crippen LogP) is 2.56. The number of carbonyl (C=O) groups is 1. The molecule has 1 saturated carbocycles. The van der Waals surface area contributed by atoms with Crippen LogP contribution in [0.2, 0.25) is 0 Å². The number of rotatable bonds is 5. The van der Waals surface area contributed by atoms with Gasteiger partial charge in [0.1, 0.15) is 11.6 Å². The van der Waals surface area contributed by atoms with Crippen molar-refractivity contribution in [2.45, 2.75) is 57.2 Å². The zero-order valence-electron chi connectivity index (χ0n) is 14.5. The summed E-state index contributed by atoms with van der Waals surface area (Å²) in [5.41, 5.74) is 6.14. The van der Waals surface area contributed by atoms with Crippen molar-refractivity contribution in [2.75, 3.05) is 13.1 Å². The van der Waals surface area contributed by atoms with Crippen LogP contribution in [0.15, 0.2) is 18.2 Å². The molecular weight excluding hydrogens is 324 g/mol. The minimum atomic E-state index is -0.513. The van der Waals surface area contributed by atoms with E-state index in [1.165, 1.54) is 18.2 Å². The summed E-state index contributed by atoms with van der Waals surface area (Å²) in [5, 5.41) is 3.09. The minimum Gasteiger partial charge on any atom is -0.352 e. The number of hydrogen-bond acceptors (Lipinski definition) is 3. The molecule has 3 rings (SSSR count). The first-order valence-electron chi connectivity index (χ1n) is 9.23. The van der Waals surface area contributed by atoms with Crippen LogP contribution in [0, 0.1) is 17.6 Å². The van der Waals surface area contributed by atoms with Crippen LogP contribution in [-0.4, -0.2) is 36.0 Å². The van der Waals surface area contributed by atoms with Crippen molar-refractivity contribution < 1.29 is 13.6 Å². The lowest BCUT2D eigenvalue weighted by atomic mass is 9.99. The number of hydrogen-bond donors (Lipinski definition) is 2. The molecule has 6 heteroatoms. The molecule has 0 aromatic heterocycles. The molecule has 2 aliphatic rings. The SMILES string of the molecule is N[C@@H]1CCC[C@H]1CC(=O)NC1CCCN(Cc2c(F)cccc2F)C1. The number of carbonyl (C=O) groups excluding carboxylic acids is 1. The molecule has 1 saturated heterocycles. The molecule has 1 aromatic carbocycles. The summed E-state index contributed by atoms with van der Waals surface area (Å²) in [4.78, 5) is 14.3. The number of benzene rings is 1. The maximum atomic E-state index is 13.8. The van der Waals surface area contributed by atoms with Crippen molar-refractivity contribution in [3.8, 4) is 0 Å². The molecule has 4 nitrogen and oxygen atoms in total. The molecule has 3 atom stereocenters. The number of nitrogens with zero attached hydrogens (tertiary/aromatic N) is 1. The molecular formula is C19H27F2N3O. The zero-order chi connectivity index (χ0) is 17.8. The van der Waals surface area contributed by atoms with Crippen LogP contribution in [0.3, 0.4) is 0 Å². The van der Waals surface area contributed by atoms with E-state index in [0.717, 1.165) is 38.6 Å². The second-order valence-corrected chi connectivity index (χ2v) is 7.40. The zero-order valence-corrected chi connectivity index (χ0v) is 14.5. The number of piperidine rings is 1. The van der Waals surface area contributed by atoms with Crippen LogP contribution in [0.1, 0.15) is 44.1 Å². The van der Waals surface area contributed by atoms with Crippen LogP contribution >= 0.6 is 0 Å². The van der Waals surface area contributed by atoms with Gasteiger partial charge in [0.05, 0.1) is 0 Å². The first-order chi connectivity index (χ1) is 12.0. The second kappa shape index (κ2) is 8.23. The number of likely N-dealkylation sites (tertiary alicyclic amines) is 1. The standard InChI is InChI=1S/C19H27F2N3O/c20-16-6-2-7-17(21)15(16)12-24-9-3-5-14(11-24)23-19(25)10-13-4-1-8-18(13)22/h2,6-7,13-14,18H,1,3-5,8-12,22H2,(H,23,25)/t13-,14?,18+/m0/s1. The largest absolute Gasteiger partial charge is 0.352 e. The second-order valence-electron chi connectivity index (χ2n) is 7.40. The molecule has 2 fully saturated rings. The lowest BCUT2D eigenvalue weighted by molar-refractivity contribution is -0.123. The molecule has 1 aliphatic heterocycles. The van der Waals surface area contributed by atoms with Gasteiger partial charge < -0.3 is 11.1 Å². The number of halogens is 2. The van der Waals surface area contributed by atoms with Gasteiger partial charge in [-0.25, -0.2) is 8.78 Å². The normalized spacial score (nSPS) is 27.4. The summed E-state index contributed by atoms with van der Waals surface area (Å²) in [6.45, 7) is 1.64. The Bertz CT molecular complexity index is 590. The van der Waals surface area contributed by atoms with Gasteiger partial charge in [0, 0.05) is 37.2 Å². The Kier molecular flexibility index (Phi) is 6.02. The Balaban J connectivity index is 1.51. The number of amides is 1. The highest BCUT2D eigenvalue weighted by atomic mass is 19.1. The van der Waals surface area contributed by atoms with Crippen molar-refractivity contribution in [2.24, 2.45) is 11.7 Å². The first-order valence-corrected chi connectivity index (χ1v) is 9.23. The van der Waals surface area contributed by atoms with Gasteiger partial charge in [0.25, 0.3) is 0 Å². The van der Waals surface area contributed by atoms with Gasteiger partial charge >= 0.3 is 0 Å². The van der Waals surface area contributed by atoms with Gasteiger partial charge in [0.2, 0.25) is 5.91 Å². The highest BCUT2D eigenvalue weighted by Gasteiger charge is 2.28. The summed E-state index contributed by atoms with van der Waals surface area (Å²) in [5.74, 6) is -0.693. The molecule has 1 aromatic rings. The van der Waals surface area contributed by atoms with Crippen molar-refractivity contribution >= 4 is 5.91 Å². The molecule has 138 valence electrons.